The Morgan fingerprint density at radius 1 is 1.36 bits per heavy atom. The standard InChI is InChI=1S/C9H16N2O2S/c1-7(12)6-10-9(13)11-8-2-4-14-5-3-8/h8H,2-6H2,1H3,(H2,10,11,13). The zero-order valence-electron chi connectivity index (χ0n) is 8.34. The van der Waals surface area contributed by atoms with Crippen molar-refractivity contribution in [2.75, 3.05) is 18.1 Å². The van der Waals surface area contributed by atoms with Crippen molar-refractivity contribution in [1.82, 2.24) is 10.6 Å². The number of rotatable bonds is 3. The number of urea groups is 1. The van der Waals surface area contributed by atoms with Crippen LogP contribution in [-0.4, -0.2) is 35.9 Å². The molecule has 0 unspecified atom stereocenters. The third kappa shape index (κ3) is 4.50. The Balaban J connectivity index is 2.15. The summed E-state index contributed by atoms with van der Waals surface area (Å²) in [4.78, 5) is 21.8. The molecular weight excluding hydrogens is 200 g/mol. The van der Waals surface area contributed by atoms with Gasteiger partial charge in [-0.1, -0.05) is 0 Å². The predicted octanol–water partition coefficient (Wildman–Crippen LogP) is 0.770. The molecule has 5 heteroatoms. The normalized spacial score (nSPS) is 17.5. The van der Waals surface area contributed by atoms with Gasteiger partial charge in [0.2, 0.25) is 0 Å². The van der Waals surface area contributed by atoms with E-state index < -0.39 is 0 Å². The zero-order valence-corrected chi connectivity index (χ0v) is 9.15. The van der Waals surface area contributed by atoms with E-state index in [4.69, 9.17) is 0 Å². The molecule has 14 heavy (non-hydrogen) atoms. The molecule has 1 rings (SSSR count). The van der Waals surface area contributed by atoms with Crippen LogP contribution in [0.3, 0.4) is 0 Å². The van der Waals surface area contributed by atoms with Crippen LogP contribution in [0.15, 0.2) is 0 Å². The Morgan fingerprint density at radius 3 is 2.57 bits per heavy atom. The molecule has 0 spiro atoms. The Hall–Kier alpha value is -0.710. The van der Waals surface area contributed by atoms with Crippen molar-refractivity contribution in [3.8, 4) is 0 Å². The van der Waals surface area contributed by atoms with E-state index in [0.717, 1.165) is 24.3 Å². The number of carbonyl (C=O) groups is 2. The van der Waals surface area contributed by atoms with Crippen LogP contribution in [0.1, 0.15) is 19.8 Å². The summed E-state index contributed by atoms with van der Waals surface area (Å²) in [5.41, 5.74) is 0. The molecule has 0 aliphatic carbocycles. The summed E-state index contributed by atoms with van der Waals surface area (Å²) in [6, 6.07) is 0.0558. The molecule has 1 aliphatic rings. The van der Waals surface area contributed by atoms with E-state index in [0.29, 0.717) is 0 Å². The van der Waals surface area contributed by atoms with Crippen LogP contribution < -0.4 is 10.6 Å². The Labute approximate surface area is 88.2 Å². The number of Topliss-reactive ketones (excluding diaryl/α,β-unsaturated/α-hetero) is 1. The van der Waals surface area contributed by atoms with Gasteiger partial charge in [-0.15, -0.1) is 0 Å². The fourth-order valence-corrected chi connectivity index (χ4v) is 2.39. The Bertz CT molecular complexity index is 215. The smallest absolute Gasteiger partial charge is 0.315 e. The van der Waals surface area contributed by atoms with E-state index in [1.165, 1.54) is 6.92 Å². The van der Waals surface area contributed by atoms with Crippen molar-refractivity contribution in [2.45, 2.75) is 25.8 Å². The third-order valence-corrected chi connectivity index (χ3v) is 3.10. The first-order valence-corrected chi connectivity index (χ1v) is 5.95. The molecule has 1 saturated heterocycles. The molecule has 0 radical (unpaired) electrons. The minimum absolute atomic E-state index is 0.0284. The lowest BCUT2D eigenvalue weighted by Crippen LogP contribution is -2.44. The van der Waals surface area contributed by atoms with Crippen LogP contribution in [0, 0.1) is 0 Å². The van der Waals surface area contributed by atoms with Crippen LogP contribution in [0.2, 0.25) is 0 Å². The summed E-state index contributed by atoms with van der Waals surface area (Å²) in [7, 11) is 0. The number of amides is 2. The van der Waals surface area contributed by atoms with Gasteiger partial charge in [-0.05, 0) is 31.3 Å². The van der Waals surface area contributed by atoms with Gasteiger partial charge in [-0.2, -0.15) is 11.8 Å². The summed E-state index contributed by atoms with van der Waals surface area (Å²) in [6.07, 6.45) is 2.05. The van der Waals surface area contributed by atoms with Gasteiger partial charge in [-0.25, -0.2) is 4.79 Å². The van der Waals surface area contributed by atoms with Gasteiger partial charge in [0.25, 0.3) is 0 Å². The van der Waals surface area contributed by atoms with Gasteiger partial charge < -0.3 is 10.6 Å². The molecule has 0 aromatic rings. The van der Waals surface area contributed by atoms with Crippen molar-refractivity contribution < 1.29 is 9.59 Å². The largest absolute Gasteiger partial charge is 0.335 e. The van der Waals surface area contributed by atoms with Crippen LogP contribution >= 0.6 is 11.8 Å². The van der Waals surface area contributed by atoms with Gasteiger partial charge in [0.15, 0.2) is 0 Å². The molecule has 1 aliphatic heterocycles. The molecule has 0 aromatic heterocycles. The van der Waals surface area contributed by atoms with Crippen molar-refractivity contribution in [2.24, 2.45) is 0 Å². The molecule has 0 saturated carbocycles. The number of carbonyl (C=O) groups excluding carboxylic acids is 2. The van der Waals surface area contributed by atoms with Crippen LogP contribution in [0.5, 0.6) is 0 Å². The van der Waals surface area contributed by atoms with Crippen molar-refractivity contribution in [3.63, 3.8) is 0 Å². The molecule has 2 amide bonds. The fourth-order valence-electron chi connectivity index (χ4n) is 1.28. The second-order valence-electron chi connectivity index (χ2n) is 3.42. The first-order chi connectivity index (χ1) is 6.68. The molecular formula is C9H16N2O2S. The highest BCUT2D eigenvalue weighted by Crippen LogP contribution is 2.16. The lowest BCUT2D eigenvalue weighted by Gasteiger charge is -2.22. The second kappa shape index (κ2) is 5.90. The molecule has 2 N–H and O–H groups in total. The highest BCUT2D eigenvalue weighted by Gasteiger charge is 2.15. The quantitative estimate of drug-likeness (QED) is 0.732. The van der Waals surface area contributed by atoms with E-state index in [1.807, 2.05) is 11.8 Å². The molecule has 1 fully saturated rings. The van der Waals surface area contributed by atoms with Crippen LogP contribution in [0.4, 0.5) is 4.79 Å². The van der Waals surface area contributed by atoms with Gasteiger partial charge in [0.05, 0.1) is 6.54 Å². The van der Waals surface area contributed by atoms with Gasteiger partial charge in [0.1, 0.15) is 5.78 Å². The number of thioether (sulfide) groups is 1. The minimum atomic E-state index is -0.225. The predicted molar refractivity (Wildman–Crippen MR) is 57.6 cm³/mol. The summed E-state index contributed by atoms with van der Waals surface area (Å²) >= 11 is 1.92. The fraction of sp³-hybridized carbons (Fsp3) is 0.778. The third-order valence-electron chi connectivity index (χ3n) is 2.05. The SMILES string of the molecule is CC(=O)CNC(=O)NC1CCSCC1. The highest BCUT2D eigenvalue weighted by molar-refractivity contribution is 7.99. The van der Waals surface area contributed by atoms with E-state index in [-0.39, 0.29) is 24.4 Å². The molecule has 0 atom stereocenters. The lowest BCUT2D eigenvalue weighted by molar-refractivity contribution is -0.116. The highest BCUT2D eigenvalue weighted by atomic mass is 32.2. The molecule has 0 aromatic carbocycles. The molecule has 80 valence electrons. The number of hydrogen-bond acceptors (Lipinski definition) is 3. The van der Waals surface area contributed by atoms with Crippen LogP contribution in [-0.2, 0) is 4.79 Å². The van der Waals surface area contributed by atoms with Crippen LogP contribution in [0.25, 0.3) is 0 Å². The average Bonchev–Trinajstić information content (AvgIpc) is 2.16. The topological polar surface area (TPSA) is 58.2 Å². The van der Waals surface area contributed by atoms with Gasteiger partial charge in [-0.3, -0.25) is 4.79 Å². The minimum Gasteiger partial charge on any atom is -0.335 e. The first-order valence-electron chi connectivity index (χ1n) is 4.80. The van der Waals surface area contributed by atoms with Gasteiger partial charge >= 0.3 is 6.03 Å². The van der Waals surface area contributed by atoms with E-state index >= 15 is 0 Å². The van der Waals surface area contributed by atoms with E-state index in [2.05, 4.69) is 10.6 Å². The number of ketones is 1. The van der Waals surface area contributed by atoms with E-state index in [1.54, 1.807) is 0 Å². The lowest BCUT2D eigenvalue weighted by atomic mass is 10.2. The van der Waals surface area contributed by atoms with Crippen molar-refractivity contribution in [3.05, 3.63) is 0 Å². The molecule has 1 heterocycles. The molecule has 0 bridgehead atoms. The summed E-state index contributed by atoms with van der Waals surface area (Å²) in [5.74, 6) is 2.19. The monoisotopic (exact) mass is 216 g/mol. The van der Waals surface area contributed by atoms with Crippen molar-refractivity contribution >= 4 is 23.6 Å². The summed E-state index contributed by atoms with van der Waals surface area (Å²) in [6.45, 7) is 1.57. The summed E-state index contributed by atoms with van der Waals surface area (Å²) in [5, 5.41) is 5.38. The Kier molecular flexibility index (Phi) is 4.79. The second-order valence-corrected chi connectivity index (χ2v) is 4.64. The average molecular weight is 216 g/mol. The summed E-state index contributed by atoms with van der Waals surface area (Å²) < 4.78 is 0. The zero-order chi connectivity index (χ0) is 10.4. The number of nitrogens with one attached hydrogen (secondary N) is 2. The maximum atomic E-state index is 11.2. The number of hydrogen-bond donors (Lipinski definition) is 2. The first kappa shape index (κ1) is 11.4. The van der Waals surface area contributed by atoms with E-state index in [9.17, 15) is 9.59 Å². The van der Waals surface area contributed by atoms with Crippen molar-refractivity contribution in [1.29, 1.82) is 0 Å². The maximum absolute atomic E-state index is 11.2. The van der Waals surface area contributed by atoms with Gasteiger partial charge in [0, 0.05) is 6.04 Å². The molecule has 4 nitrogen and oxygen atoms in total. The maximum Gasteiger partial charge on any atom is 0.315 e. The Morgan fingerprint density at radius 2 is 2.00 bits per heavy atom.